The standard InChI is InChI=1S/C13H17BrN4S/c1-3-6-15-9(2)10-4-5-12(11(14)7-10)19-13-16-8-17-18-13/h4-5,7-9,15H,3,6H2,1-2H3,(H,16,17,18). The van der Waals surface area contributed by atoms with Crippen molar-refractivity contribution in [1.29, 1.82) is 0 Å². The Kier molecular flexibility index (Phi) is 5.42. The maximum Gasteiger partial charge on any atom is 0.188 e. The van der Waals surface area contributed by atoms with Crippen molar-refractivity contribution < 1.29 is 0 Å². The Hall–Kier alpha value is -0.850. The summed E-state index contributed by atoms with van der Waals surface area (Å²) in [5.74, 6) is 0. The summed E-state index contributed by atoms with van der Waals surface area (Å²) in [6, 6.07) is 6.78. The first-order valence-corrected chi connectivity index (χ1v) is 7.87. The monoisotopic (exact) mass is 340 g/mol. The van der Waals surface area contributed by atoms with E-state index >= 15 is 0 Å². The van der Waals surface area contributed by atoms with E-state index in [0.717, 1.165) is 27.5 Å². The highest BCUT2D eigenvalue weighted by Gasteiger charge is 2.09. The molecule has 2 aromatic rings. The molecular formula is C13H17BrN4S. The number of benzene rings is 1. The second-order valence-corrected chi connectivity index (χ2v) is 6.14. The van der Waals surface area contributed by atoms with Gasteiger partial charge in [-0.15, -0.1) is 0 Å². The Morgan fingerprint density at radius 2 is 2.32 bits per heavy atom. The molecule has 0 aliphatic carbocycles. The SMILES string of the molecule is CCCNC(C)c1ccc(Sc2ncn[nH]2)c(Br)c1. The Balaban J connectivity index is 2.08. The molecule has 1 unspecified atom stereocenters. The van der Waals surface area contributed by atoms with Crippen molar-refractivity contribution >= 4 is 27.7 Å². The van der Waals surface area contributed by atoms with Gasteiger partial charge < -0.3 is 5.32 Å². The molecule has 6 heteroatoms. The lowest BCUT2D eigenvalue weighted by Gasteiger charge is -2.14. The van der Waals surface area contributed by atoms with Gasteiger partial charge in [0.1, 0.15) is 6.33 Å². The quantitative estimate of drug-likeness (QED) is 0.840. The molecule has 0 fully saturated rings. The Bertz CT molecular complexity index is 515. The number of hydrogen-bond donors (Lipinski definition) is 2. The maximum absolute atomic E-state index is 4.11. The first kappa shape index (κ1) is 14.6. The van der Waals surface area contributed by atoms with Crippen molar-refractivity contribution in [1.82, 2.24) is 20.5 Å². The molecule has 0 spiro atoms. The van der Waals surface area contributed by atoms with E-state index in [9.17, 15) is 0 Å². The van der Waals surface area contributed by atoms with Crippen molar-refractivity contribution in [3.05, 3.63) is 34.6 Å². The highest BCUT2D eigenvalue weighted by Crippen LogP contribution is 2.33. The molecule has 0 saturated heterocycles. The van der Waals surface area contributed by atoms with Crippen LogP contribution in [0.4, 0.5) is 0 Å². The van der Waals surface area contributed by atoms with Gasteiger partial charge in [0.15, 0.2) is 5.16 Å². The minimum absolute atomic E-state index is 0.362. The number of H-pyrrole nitrogens is 1. The van der Waals surface area contributed by atoms with E-state index < -0.39 is 0 Å². The third-order valence-corrected chi connectivity index (χ3v) is 4.64. The molecule has 2 N–H and O–H groups in total. The summed E-state index contributed by atoms with van der Waals surface area (Å²) in [5, 5.41) is 11.0. The number of hydrogen-bond acceptors (Lipinski definition) is 4. The van der Waals surface area contributed by atoms with Crippen LogP contribution in [0.25, 0.3) is 0 Å². The van der Waals surface area contributed by atoms with Gasteiger partial charge in [-0.3, -0.25) is 5.10 Å². The van der Waals surface area contributed by atoms with Crippen LogP contribution in [-0.2, 0) is 0 Å². The lowest BCUT2D eigenvalue weighted by molar-refractivity contribution is 0.570. The molecular weight excluding hydrogens is 324 g/mol. The molecule has 1 heterocycles. The van der Waals surface area contributed by atoms with Crippen LogP contribution in [0, 0.1) is 0 Å². The van der Waals surface area contributed by atoms with Crippen molar-refractivity contribution in [3.63, 3.8) is 0 Å². The Morgan fingerprint density at radius 1 is 1.47 bits per heavy atom. The fourth-order valence-corrected chi connectivity index (χ4v) is 3.03. The highest BCUT2D eigenvalue weighted by atomic mass is 79.9. The minimum Gasteiger partial charge on any atom is -0.310 e. The summed E-state index contributed by atoms with van der Waals surface area (Å²) in [6.45, 7) is 5.39. The van der Waals surface area contributed by atoms with E-state index in [1.807, 2.05) is 0 Å². The van der Waals surface area contributed by atoms with Crippen LogP contribution in [0.1, 0.15) is 31.9 Å². The van der Waals surface area contributed by atoms with Gasteiger partial charge in [-0.2, -0.15) is 5.10 Å². The molecule has 0 amide bonds. The third-order valence-electron chi connectivity index (χ3n) is 2.76. The van der Waals surface area contributed by atoms with Gasteiger partial charge in [0.05, 0.1) is 0 Å². The van der Waals surface area contributed by atoms with E-state index in [4.69, 9.17) is 0 Å². The largest absolute Gasteiger partial charge is 0.310 e. The zero-order chi connectivity index (χ0) is 13.7. The molecule has 1 aromatic heterocycles. The molecule has 19 heavy (non-hydrogen) atoms. The van der Waals surface area contributed by atoms with Crippen LogP contribution in [0.3, 0.4) is 0 Å². The molecule has 0 aliphatic rings. The normalized spacial score (nSPS) is 12.6. The van der Waals surface area contributed by atoms with Crippen molar-refractivity contribution in [2.24, 2.45) is 0 Å². The second kappa shape index (κ2) is 7.07. The molecule has 0 radical (unpaired) electrons. The van der Waals surface area contributed by atoms with Gasteiger partial charge in [-0.25, -0.2) is 4.98 Å². The van der Waals surface area contributed by atoms with Crippen LogP contribution in [0.2, 0.25) is 0 Å². The van der Waals surface area contributed by atoms with Crippen LogP contribution in [0.5, 0.6) is 0 Å². The number of nitrogens with one attached hydrogen (secondary N) is 2. The van der Waals surface area contributed by atoms with Crippen molar-refractivity contribution in [3.8, 4) is 0 Å². The summed E-state index contributed by atoms with van der Waals surface area (Å²) in [7, 11) is 0. The van der Waals surface area contributed by atoms with E-state index in [2.05, 4.69) is 68.5 Å². The average Bonchev–Trinajstić information content (AvgIpc) is 2.91. The highest BCUT2D eigenvalue weighted by molar-refractivity contribution is 9.10. The van der Waals surface area contributed by atoms with E-state index in [1.54, 1.807) is 11.8 Å². The topological polar surface area (TPSA) is 53.6 Å². The van der Waals surface area contributed by atoms with Crippen LogP contribution >= 0.6 is 27.7 Å². The summed E-state index contributed by atoms with van der Waals surface area (Å²) in [6.07, 6.45) is 2.66. The first-order valence-electron chi connectivity index (χ1n) is 6.26. The van der Waals surface area contributed by atoms with Gasteiger partial charge in [-0.05, 0) is 65.3 Å². The van der Waals surface area contributed by atoms with E-state index in [-0.39, 0.29) is 0 Å². The van der Waals surface area contributed by atoms with Gasteiger partial charge >= 0.3 is 0 Å². The zero-order valence-electron chi connectivity index (χ0n) is 11.0. The summed E-state index contributed by atoms with van der Waals surface area (Å²) >= 11 is 5.18. The molecule has 1 aromatic carbocycles. The van der Waals surface area contributed by atoms with Gasteiger partial charge in [0.25, 0.3) is 0 Å². The van der Waals surface area contributed by atoms with Crippen LogP contribution < -0.4 is 5.32 Å². The number of aromatic amines is 1. The predicted molar refractivity (Wildman–Crippen MR) is 81.4 cm³/mol. The summed E-state index contributed by atoms with van der Waals surface area (Å²) in [5.41, 5.74) is 1.28. The molecule has 0 saturated carbocycles. The smallest absolute Gasteiger partial charge is 0.188 e. The first-order chi connectivity index (χ1) is 9.20. The average molecular weight is 341 g/mol. The number of nitrogens with zero attached hydrogens (tertiary/aromatic N) is 2. The van der Waals surface area contributed by atoms with Crippen molar-refractivity contribution in [2.45, 2.75) is 36.4 Å². The van der Waals surface area contributed by atoms with Crippen molar-refractivity contribution in [2.75, 3.05) is 6.54 Å². The lowest BCUT2D eigenvalue weighted by atomic mass is 10.1. The van der Waals surface area contributed by atoms with Crippen LogP contribution in [-0.4, -0.2) is 21.7 Å². The second-order valence-electron chi connectivity index (χ2n) is 4.26. The van der Waals surface area contributed by atoms with E-state index in [0.29, 0.717) is 6.04 Å². The lowest BCUT2D eigenvalue weighted by Crippen LogP contribution is -2.19. The molecule has 4 nitrogen and oxygen atoms in total. The molecule has 102 valence electrons. The van der Waals surface area contributed by atoms with Gasteiger partial charge in [0, 0.05) is 15.4 Å². The minimum atomic E-state index is 0.362. The number of aromatic nitrogens is 3. The van der Waals surface area contributed by atoms with Gasteiger partial charge in [-0.1, -0.05) is 13.0 Å². The fraction of sp³-hybridized carbons (Fsp3) is 0.385. The summed E-state index contributed by atoms with van der Waals surface area (Å²) < 4.78 is 1.08. The number of halogens is 1. The summed E-state index contributed by atoms with van der Waals surface area (Å²) in [4.78, 5) is 5.24. The Morgan fingerprint density at radius 3 is 2.95 bits per heavy atom. The predicted octanol–water partition coefficient (Wildman–Crippen LogP) is 3.78. The Labute approximate surface area is 125 Å². The van der Waals surface area contributed by atoms with Crippen LogP contribution in [0.15, 0.2) is 39.1 Å². The molecule has 0 aliphatic heterocycles. The van der Waals surface area contributed by atoms with E-state index in [1.165, 1.54) is 11.9 Å². The molecule has 1 atom stereocenters. The third kappa shape index (κ3) is 4.06. The maximum atomic E-state index is 4.11. The van der Waals surface area contributed by atoms with Gasteiger partial charge in [0.2, 0.25) is 0 Å². The fourth-order valence-electron chi connectivity index (χ4n) is 1.70. The molecule has 2 rings (SSSR count). The number of rotatable bonds is 6. The molecule has 0 bridgehead atoms. The zero-order valence-corrected chi connectivity index (χ0v) is 13.4.